The summed E-state index contributed by atoms with van der Waals surface area (Å²) in [5.41, 5.74) is 2.93. The predicted octanol–water partition coefficient (Wildman–Crippen LogP) is 1.38. The molecule has 0 spiro atoms. The highest BCUT2D eigenvalue weighted by atomic mass is 19.1. The first-order valence-electron chi connectivity index (χ1n) is 9.00. The number of benzene rings is 1. The van der Waals surface area contributed by atoms with Crippen molar-refractivity contribution < 1.29 is 18.7 Å². The number of hydrogen-bond donors (Lipinski definition) is 2. The topological polar surface area (TPSA) is 85.2 Å². The van der Waals surface area contributed by atoms with E-state index in [1.54, 1.807) is 23.9 Å². The molecule has 1 aromatic carbocycles. The molecule has 0 aliphatic heterocycles. The lowest BCUT2D eigenvalue weighted by molar-refractivity contribution is -0.120. The number of nitrogens with zero attached hydrogens (tertiary/aromatic N) is 2. The Hall–Kier alpha value is -2.74. The van der Waals surface area contributed by atoms with Gasteiger partial charge < -0.3 is 15.4 Å². The lowest BCUT2D eigenvalue weighted by atomic mass is 9.95. The van der Waals surface area contributed by atoms with Crippen molar-refractivity contribution in [1.82, 2.24) is 20.4 Å². The fraction of sp³-hybridized carbons (Fsp3) is 0.421. The zero-order chi connectivity index (χ0) is 19.2. The van der Waals surface area contributed by atoms with E-state index in [-0.39, 0.29) is 24.2 Å². The molecule has 2 aromatic rings. The van der Waals surface area contributed by atoms with Crippen LogP contribution >= 0.6 is 0 Å². The summed E-state index contributed by atoms with van der Waals surface area (Å²) in [7, 11) is 1.55. The average molecular weight is 374 g/mol. The fourth-order valence-electron chi connectivity index (χ4n) is 3.18. The summed E-state index contributed by atoms with van der Waals surface area (Å²) >= 11 is 0. The molecule has 0 saturated heterocycles. The quantitative estimate of drug-likeness (QED) is 0.717. The Balaban J connectivity index is 1.76. The largest absolute Gasteiger partial charge is 0.383 e. The van der Waals surface area contributed by atoms with Crippen molar-refractivity contribution in [2.75, 3.05) is 26.8 Å². The maximum Gasteiger partial charge on any atom is 0.272 e. The molecule has 0 atom stereocenters. The van der Waals surface area contributed by atoms with Crippen molar-refractivity contribution in [2.45, 2.75) is 25.7 Å². The zero-order valence-electron chi connectivity index (χ0n) is 15.3. The number of hydrogen-bond acceptors (Lipinski definition) is 4. The van der Waals surface area contributed by atoms with Crippen LogP contribution in [0.25, 0.3) is 5.69 Å². The second-order valence-corrected chi connectivity index (χ2v) is 6.39. The molecule has 0 radical (unpaired) electrons. The zero-order valence-corrected chi connectivity index (χ0v) is 15.3. The third kappa shape index (κ3) is 4.51. The van der Waals surface area contributed by atoms with E-state index in [1.807, 2.05) is 0 Å². The van der Waals surface area contributed by atoms with Crippen LogP contribution in [-0.4, -0.2) is 48.4 Å². The van der Waals surface area contributed by atoms with Crippen LogP contribution in [0.15, 0.2) is 24.3 Å². The van der Waals surface area contributed by atoms with Crippen LogP contribution in [0.2, 0.25) is 0 Å². The van der Waals surface area contributed by atoms with Gasteiger partial charge in [-0.25, -0.2) is 9.07 Å². The molecule has 1 aromatic heterocycles. The van der Waals surface area contributed by atoms with Crippen molar-refractivity contribution in [3.8, 4) is 5.69 Å². The van der Waals surface area contributed by atoms with E-state index in [9.17, 15) is 14.0 Å². The minimum Gasteiger partial charge on any atom is -0.383 e. The maximum atomic E-state index is 13.2. The van der Waals surface area contributed by atoms with Gasteiger partial charge in [-0.3, -0.25) is 9.59 Å². The molecule has 144 valence electrons. The summed E-state index contributed by atoms with van der Waals surface area (Å²) in [6, 6.07) is 6.02. The molecular formula is C19H23FN4O3. The molecule has 1 heterocycles. The molecule has 7 nitrogen and oxygen atoms in total. The van der Waals surface area contributed by atoms with Gasteiger partial charge in [-0.1, -0.05) is 0 Å². The number of rotatable bonds is 7. The number of methoxy groups -OCH3 is 1. The standard InChI is InChI=1S/C19H23FN4O3/c1-27-11-10-21-17(25)12-22-19(26)18-15-4-2-3-5-16(15)24(23-18)14-8-6-13(20)7-9-14/h6-9H,2-5,10-12H2,1H3,(H,21,25)(H,22,26). The Morgan fingerprint density at radius 1 is 1.19 bits per heavy atom. The first-order chi connectivity index (χ1) is 13.1. The van der Waals surface area contributed by atoms with Crippen LogP contribution in [0.4, 0.5) is 4.39 Å². The van der Waals surface area contributed by atoms with E-state index in [1.165, 1.54) is 12.1 Å². The first-order valence-corrected chi connectivity index (χ1v) is 9.00. The summed E-state index contributed by atoms with van der Waals surface area (Å²) in [5, 5.41) is 9.75. The molecule has 8 heteroatoms. The first kappa shape index (κ1) is 19.0. The number of fused-ring (bicyclic) bond motifs is 1. The summed E-state index contributed by atoms with van der Waals surface area (Å²) in [4.78, 5) is 24.4. The Morgan fingerprint density at radius 2 is 1.93 bits per heavy atom. The van der Waals surface area contributed by atoms with Crippen LogP contribution in [0.5, 0.6) is 0 Å². The average Bonchev–Trinajstić information content (AvgIpc) is 3.07. The van der Waals surface area contributed by atoms with Crippen molar-refractivity contribution in [3.05, 3.63) is 47.0 Å². The second kappa shape index (κ2) is 8.77. The summed E-state index contributed by atoms with van der Waals surface area (Å²) in [6.07, 6.45) is 3.58. The minimum atomic E-state index is -0.379. The Morgan fingerprint density at radius 3 is 2.67 bits per heavy atom. The molecule has 1 aliphatic rings. The third-order valence-electron chi connectivity index (χ3n) is 4.50. The molecule has 1 aliphatic carbocycles. The molecule has 3 rings (SSSR count). The number of halogens is 1. The van der Waals surface area contributed by atoms with Gasteiger partial charge in [0.15, 0.2) is 5.69 Å². The van der Waals surface area contributed by atoms with E-state index in [0.29, 0.717) is 24.5 Å². The number of carbonyl (C=O) groups is 2. The van der Waals surface area contributed by atoms with Gasteiger partial charge in [0.2, 0.25) is 5.91 Å². The predicted molar refractivity (Wildman–Crippen MR) is 97.4 cm³/mol. The van der Waals surface area contributed by atoms with Crippen LogP contribution in [-0.2, 0) is 22.4 Å². The molecule has 0 unspecified atom stereocenters. The van der Waals surface area contributed by atoms with Crippen molar-refractivity contribution in [2.24, 2.45) is 0 Å². The summed E-state index contributed by atoms with van der Waals surface area (Å²) in [6.45, 7) is 0.676. The van der Waals surface area contributed by atoms with Gasteiger partial charge in [0.05, 0.1) is 18.8 Å². The van der Waals surface area contributed by atoms with Gasteiger partial charge in [-0.05, 0) is 49.9 Å². The van der Waals surface area contributed by atoms with Gasteiger partial charge in [0.25, 0.3) is 5.91 Å². The maximum absolute atomic E-state index is 13.2. The lowest BCUT2D eigenvalue weighted by Crippen LogP contribution is -2.38. The number of ether oxygens (including phenoxy) is 1. The van der Waals surface area contributed by atoms with Crippen molar-refractivity contribution in [3.63, 3.8) is 0 Å². The monoisotopic (exact) mass is 374 g/mol. The van der Waals surface area contributed by atoms with Gasteiger partial charge in [0, 0.05) is 24.9 Å². The lowest BCUT2D eigenvalue weighted by Gasteiger charge is -2.14. The normalized spacial score (nSPS) is 13.1. The van der Waals surface area contributed by atoms with E-state index in [4.69, 9.17) is 4.74 Å². The van der Waals surface area contributed by atoms with Crippen LogP contribution in [0.1, 0.15) is 34.6 Å². The molecule has 0 bridgehead atoms. The molecule has 0 saturated carbocycles. The second-order valence-electron chi connectivity index (χ2n) is 6.39. The molecule has 27 heavy (non-hydrogen) atoms. The number of aromatic nitrogens is 2. The summed E-state index contributed by atoms with van der Waals surface area (Å²) < 4.78 is 19.8. The van der Waals surface area contributed by atoms with Gasteiger partial charge >= 0.3 is 0 Å². The van der Waals surface area contributed by atoms with E-state index < -0.39 is 0 Å². The Kier molecular flexibility index (Phi) is 6.18. The minimum absolute atomic E-state index is 0.124. The van der Waals surface area contributed by atoms with Crippen LogP contribution in [0, 0.1) is 5.82 Å². The van der Waals surface area contributed by atoms with Gasteiger partial charge in [-0.15, -0.1) is 0 Å². The van der Waals surface area contributed by atoms with E-state index >= 15 is 0 Å². The van der Waals surface area contributed by atoms with Crippen molar-refractivity contribution >= 4 is 11.8 Å². The Bertz CT molecular complexity index is 817. The Labute approximate surface area is 156 Å². The molecular weight excluding hydrogens is 351 g/mol. The highest BCUT2D eigenvalue weighted by molar-refractivity contribution is 5.96. The van der Waals surface area contributed by atoms with Crippen LogP contribution in [0.3, 0.4) is 0 Å². The summed E-state index contributed by atoms with van der Waals surface area (Å²) in [5.74, 6) is -0.986. The third-order valence-corrected chi connectivity index (χ3v) is 4.50. The highest BCUT2D eigenvalue weighted by Gasteiger charge is 2.25. The molecule has 2 amide bonds. The highest BCUT2D eigenvalue weighted by Crippen LogP contribution is 2.27. The van der Waals surface area contributed by atoms with Crippen LogP contribution < -0.4 is 10.6 Å². The number of nitrogens with one attached hydrogen (secondary N) is 2. The molecule has 0 fully saturated rings. The number of carbonyl (C=O) groups excluding carboxylic acids is 2. The molecule has 2 N–H and O–H groups in total. The van der Waals surface area contributed by atoms with Gasteiger partial charge in [0.1, 0.15) is 5.82 Å². The van der Waals surface area contributed by atoms with Gasteiger partial charge in [-0.2, -0.15) is 5.10 Å². The fourth-order valence-corrected chi connectivity index (χ4v) is 3.18. The number of amides is 2. The smallest absolute Gasteiger partial charge is 0.272 e. The van der Waals surface area contributed by atoms with E-state index in [0.717, 1.165) is 36.9 Å². The SMILES string of the molecule is COCCNC(=O)CNC(=O)c1nn(-c2ccc(F)cc2)c2c1CCCC2. The van der Waals surface area contributed by atoms with Crippen molar-refractivity contribution in [1.29, 1.82) is 0 Å². The van der Waals surface area contributed by atoms with E-state index in [2.05, 4.69) is 15.7 Å².